The van der Waals surface area contributed by atoms with Crippen LogP contribution in [0, 0.1) is 0 Å². The lowest BCUT2D eigenvalue weighted by atomic mass is 10.3. The molecule has 84 valence electrons. The summed E-state index contributed by atoms with van der Waals surface area (Å²) in [4.78, 5) is 0. The summed E-state index contributed by atoms with van der Waals surface area (Å²) >= 11 is 0. The second-order valence-corrected chi connectivity index (χ2v) is 5.55. The van der Waals surface area contributed by atoms with Crippen molar-refractivity contribution in [2.75, 3.05) is 18.1 Å². The van der Waals surface area contributed by atoms with E-state index in [1.165, 1.54) is 12.1 Å². The van der Waals surface area contributed by atoms with E-state index >= 15 is 0 Å². The Balaban J connectivity index is 2.42. The summed E-state index contributed by atoms with van der Waals surface area (Å²) in [6, 6.07) is 6.16. The SMILES string of the molecule is CCS(=O)(=O)CCOc1ccc(O)cc1. The van der Waals surface area contributed by atoms with Crippen molar-refractivity contribution >= 4 is 9.84 Å². The average molecular weight is 230 g/mol. The molecule has 0 heterocycles. The van der Waals surface area contributed by atoms with Crippen molar-refractivity contribution in [2.45, 2.75) is 6.92 Å². The maximum absolute atomic E-state index is 11.1. The third kappa shape index (κ3) is 4.20. The lowest BCUT2D eigenvalue weighted by molar-refractivity contribution is 0.340. The average Bonchev–Trinajstić information content (AvgIpc) is 2.21. The van der Waals surface area contributed by atoms with E-state index in [4.69, 9.17) is 9.84 Å². The quantitative estimate of drug-likeness (QED) is 0.825. The van der Waals surface area contributed by atoms with E-state index in [0.29, 0.717) is 5.75 Å². The van der Waals surface area contributed by atoms with Gasteiger partial charge in [-0.1, -0.05) is 6.92 Å². The van der Waals surface area contributed by atoms with Crippen LogP contribution in [0.15, 0.2) is 24.3 Å². The molecule has 1 rings (SSSR count). The number of phenols is 1. The van der Waals surface area contributed by atoms with Crippen molar-refractivity contribution in [3.8, 4) is 11.5 Å². The van der Waals surface area contributed by atoms with Crippen LogP contribution in [0.1, 0.15) is 6.92 Å². The molecule has 1 N–H and O–H groups in total. The largest absolute Gasteiger partial charge is 0.508 e. The Morgan fingerprint density at radius 2 is 1.87 bits per heavy atom. The van der Waals surface area contributed by atoms with E-state index in [2.05, 4.69) is 0 Å². The molecule has 0 atom stereocenters. The van der Waals surface area contributed by atoms with Gasteiger partial charge in [0.15, 0.2) is 9.84 Å². The summed E-state index contributed by atoms with van der Waals surface area (Å²) in [7, 11) is -2.97. The van der Waals surface area contributed by atoms with Crippen LogP contribution in [0.3, 0.4) is 0 Å². The van der Waals surface area contributed by atoms with Crippen LogP contribution in [0.4, 0.5) is 0 Å². The van der Waals surface area contributed by atoms with E-state index in [1.54, 1.807) is 19.1 Å². The fourth-order valence-electron chi connectivity index (χ4n) is 0.973. The van der Waals surface area contributed by atoms with Gasteiger partial charge in [0.2, 0.25) is 0 Å². The summed E-state index contributed by atoms with van der Waals surface area (Å²) in [5.41, 5.74) is 0. The lowest BCUT2D eigenvalue weighted by Crippen LogP contribution is -2.15. The zero-order chi connectivity index (χ0) is 11.3. The van der Waals surface area contributed by atoms with E-state index in [-0.39, 0.29) is 23.9 Å². The van der Waals surface area contributed by atoms with Gasteiger partial charge in [-0.3, -0.25) is 0 Å². The van der Waals surface area contributed by atoms with E-state index in [9.17, 15) is 8.42 Å². The second-order valence-electron chi connectivity index (χ2n) is 3.08. The van der Waals surface area contributed by atoms with Crippen LogP contribution >= 0.6 is 0 Å². The zero-order valence-corrected chi connectivity index (χ0v) is 9.33. The molecule has 0 aliphatic heterocycles. The molecule has 0 fully saturated rings. The molecule has 1 aromatic rings. The minimum Gasteiger partial charge on any atom is -0.508 e. The molecule has 5 heteroatoms. The van der Waals surface area contributed by atoms with Gasteiger partial charge < -0.3 is 9.84 Å². The number of rotatable bonds is 5. The smallest absolute Gasteiger partial charge is 0.153 e. The molecule has 0 radical (unpaired) electrons. The maximum Gasteiger partial charge on any atom is 0.153 e. The molecule has 0 spiro atoms. The van der Waals surface area contributed by atoms with Crippen LogP contribution in [-0.2, 0) is 9.84 Å². The Bertz CT molecular complexity index is 394. The molecule has 0 saturated heterocycles. The highest BCUT2D eigenvalue weighted by molar-refractivity contribution is 7.91. The number of sulfone groups is 1. The van der Waals surface area contributed by atoms with E-state index in [0.717, 1.165) is 0 Å². The van der Waals surface area contributed by atoms with Gasteiger partial charge in [-0.25, -0.2) is 8.42 Å². The van der Waals surface area contributed by atoms with Crippen molar-refractivity contribution in [1.29, 1.82) is 0 Å². The van der Waals surface area contributed by atoms with Crippen molar-refractivity contribution in [2.24, 2.45) is 0 Å². The molecule has 1 aromatic carbocycles. The zero-order valence-electron chi connectivity index (χ0n) is 8.51. The van der Waals surface area contributed by atoms with Gasteiger partial charge >= 0.3 is 0 Å². The number of aromatic hydroxyl groups is 1. The van der Waals surface area contributed by atoms with Gasteiger partial charge in [0.25, 0.3) is 0 Å². The first-order chi connectivity index (χ1) is 7.03. The molecule has 0 aliphatic carbocycles. The molecule has 0 aliphatic rings. The molecule has 0 bridgehead atoms. The predicted molar refractivity (Wildman–Crippen MR) is 57.9 cm³/mol. The number of hydrogen-bond acceptors (Lipinski definition) is 4. The first kappa shape index (κ1) is 11.8. The third-order valence-electron chi connectivity index (χ3n) is 1.94. The van der Waals surface area contributed by atoms with Crippen LogP contribution in [0.2, 0.25) is 0 Å². The minimum absolute atomic E-state index is 0.0182. The van der Waals surface area contributed by atoms with Crippen molar-refractivity contribution < 1.29 is 18.3 Å². The molecule has 0 saturated carbocycles. The van der Waals surface area contributed by atoms with Crippen LogP contribution < -0.4 is 4.74 Å². The fourth-order valence-corrected chi connectivity index (χ4v) is 1.60. The highest BCUT2D eigenvalue weighted by atomic mass is 32.2. The Morgan fingerprint density at radius 1 is 1.27 bits per heavy atom. The molecule has 15 heavy (non-hydrogen) atoms. The number of benzene rings is 1. The van der Waals surface area contributed by atoms with Gasteiger partial charge in [0.05, 0.1) is 5.75 Å². The molecule has 0 aromatic heterocycles. The van der Waals surface area contributed by atoms with E-state index in [1.807, 2.05) is 0 Å². The molecule has 0 amide bonds. The summed E-state index contributed by atoms with van der Waals surface area (Å²) < 4.78 is 27.5. The van der Waals surface area contributed by atoms with Crippen molar-refractivity contribution in [1.82, 2.24) is 0 Å². The van der Waals surface area contributed by atoms with Gasteiger partial charge in [-0.2, -0.15) is 0 Å². The monoisotopic (exact) mass is 230 g/mol. The highest BCUT2D eigenvalue weighted by Crippen LogP contribution is 2.15. The Hall–Kier alpha value is -1.23. The van der Waals surface area contributed by atoms with Crippen LogP contribution in [-0.4, -0.2) is 31.6 Å². The predicted octanol–water partition coefficient (Wildman–Crippen LogP) is 1.21. The summed E-state index contributed by atoms with van der Waals surface area (Å²) in [6.45, 7) is 1.75. The number of ether oxygens (including phenoxy) is 1. The first-order valence-electron chi connectivity index (χ1n) is 4.66. The third-order valence-corrected chi connectivity index (χ3v) is 3.61. The Kier molecular flexibility index (Phi) is 3.96. The lowest BCUT2D eigenvalue weighted by Gasteiger charge is -2.05. The minimum atomic E-state index is -2.97. The Morgan fingerprint density at radius 3 is 2.40 bits per heavy atom. The molecule has 4 nitrogen and oxygen atoms in total. The normalized spacial score (nSPS) is 11.3. The Labute approximate surface area is 89.4 Å². The van der Waals surface area contributed by atoms with Gasteiger partial charge in [-0.15, -0.1) is 0 Å². The summed E-state index contributed by atoms with van der Waals surface area (Å²) in [5, 5.41) is 9.00. The standard InChI is InChI=1S/C10H14O4S/c1-2-15(12,13)8-7-14-10-5-3-9(11)4-6-10/h3-6,11H,2,7-8H2,1H3. The van der Waals surface area contributed by atoms with E-state index < -0.39 is 9.84 Å². The molecular formula is C10H14O4S. The fraction of sp³-hybridized carbons (Fsp3) is 0.400. The second kappa shape index (κ2) is 5.02. The number of hydrogen-bond donors (Lipinski definition) is 1. The van der Waals surface area contributed by atoms with Crippen LogP contribution in [0.25, 0.3) is 0 Å². The van der Waals surface area contributed by atoms with Crippen LogP contribution in [0.5, 0.6) is 11.5 Å². The van der Waals surface area contributed by atoms with Gasteiger partial charge in [-0.05, 0) is 24.3 Å². The summed E-state index contributed by atoms with van der Waals surface area (Å²) in [5.74, 6) is 0.860. The van der Waals surface area contributed by atoms with Gasteiger partial charge in [0.1, 0.15) is 18.1 Å². The van der Waals surface area contributed by atoms with Gasteiger partial charge in [0, 0.05) is 5.75 Å². The van der Waals surface area contributed by atoms with Crippen molar-refractivity contribution in [3.63, 3.8) is 0 Å². The topological polar surface area (TPSA) is 63.6 Å². The summed E-state index contributed by atoms with van der Waals surface area (Å²) in [6.07, 6.45) is 0. The molecule has 0 unspecified atom stereocenters. The van der Waals surface area contributed by atoms with Crippen molar-refractivity contribution in [3.05, 3.63) is 24.3 Å². The number of phenolic OH excluding ortho intramolecular Hbond substituents is 1. The maximum atomic E-state index is 11.1. The highest BCUT2D eigenvalue weighted by Gasteiger charge is 2.06. The first-order valence-corrected chi connectivity index (χ1v) is 6.48. The molecular weight excluding hydrogens is 216 g/mol.